The molecule has 0 amide bonds. The third kappa shape index (κ3) is 2.48. The Hall–Kier alpha value is -1.52. The number of aliphatic carboxylic acids is 1. The van der Waals surface area contributed by atoms with Crippen LogP contribution in [0.2, 0.25) is 0 Å². The number of hydrogen-bond acceptors (Lipinski definition) is 3. The van der Waals surface area contributed by atoms with Crippen molar-refractivity contribution in [1.29, 1.82) is 0 Å². The van der Waals surface area contributed by atoms with Crippen LogP contribution in [0, 0.1) is 0 Å². The molecule has 5 heteroatoms. The molecular weight excluding hydrogens is 184 g/mol. The van der Waals surface area contributed by atoms with Gasteiger partial charge in [0.25, 0.3) is 0 Å². The van der Waals surface area contributed by atoms with Crippen LogP contribution in [0.1, 0.15) is 25.5 Å². The van der Waals surface area contributed by atoms with Crippen molar-refractivity contribution in [2.45, 2.75) is 19.8 Å². The van der Waals surface area contributed by atoms with Crippen molar-refractivity contribution in [2.24, 2.45) is 7.05 Å². The molecule has 0 bridgehead atoms. The second kappa shape index (κ2) is 4.13. The van der Waals surface area contributed by atoms with Gasteiger partial charge in [0.1, 0.15) is 0 Å². The molecular formula is C9H14N2O3. The fourth-order valence-corrected chi connectivity index (χ4v) is 1.20. The van der Waals surface area contributed by atoms with Gasteiger partial charge in [0.15, 0.2) is 6.61 Å². The molecule has 1 N–H and O–H groups in total. The molecule has 1 heterocycles. The van der Waals surface area contributed by atoms with E-state index in [0.29, 0.717) is 11.8 Å². The summed E-state index contributed by atoms with van der Waals surface area (Å²) >= 11 is 0. The van der Waals surface area contributed by atoms with Crippen LogP contribution in [-0.2, 0) is 11.8 Å². The van der Waals surface area contributed by atoms with E-state index >= 15 is 0 Å². The molecule has 0 saturated heterocycles. The van der Waals surface area contributed by atoms with Gasteiger partial charge >= 0.3 is 5.97 Å². The summed E-state index contributed by atoms with van der Waals surface area (Å²) in [5.41, 5.74) is 1.02. The third-order valence-corrected chi connectivity index (χ3v) is 1.83. The second-order valence-corrected chi connectivity index (χ2v) is 3.37. The molecule has 1 aromatic heterocycles. The minimum absolute atomic E-state index is 0.342. The molecule has 0 aliphatic rings. The molecule has 0 unspecified atom stereocenters. The number of carboxylic acids is 1. The number of aromatic nitrogens is 2. The van der Waals surface area contributed by atoms with Crippen molar-refractivity contribution >= 4 is 5.97 Å². The molecule has 5 nitrogen and oxygen atoms in total. The summed E-state index contributed by atoms with van der Waals surface area (Å²) in [7, 11) is 1.81. The third-order valence-electron chi connectivity index (χ3n) is 1.83. The molecule has 0 aliphatic heterocycles. The number of nitrogens with zero attached hydrogens (tertiary/aromatic N) is 2. The Kier molecular flexibility index (Phi) is 3.11. The van der Waals surface area contributed by atoms with E-state index in [1.165, 1.54) is 0 Å². The molecule has 0 saturated carbocycles. The largest absolute Gasteiger partial charge is 0.479 e. The molecule has 0 aliphatic carbocycles. The van der Waals surface area contributed by atoms with E-state index in [2.05, 4.69) is 5.10 Å². The highest BCUT2D eigenvalue weighted by Gasteiger charge is 2.09. The van der Waals surface area contributed by atoms with E-state index in [1.54, 1.807) is 10.7 Å². The first-order valence-corrected chi connectivity index (χ1v) is 4.39. The zero-order valence-electron chi connectivity index (χ0n) is 8.52. The van der Waals surface area contributed by atoms with Crippen LogP contribution in [0.3, 0.4) is 0 Å². The SMILES string of the molecule is CC(C)c1cc(OCC(=O)O)nn1C. The molecule has 0 radical (unpaired) electrons. The number of ether oxygens (including phenoxy) is 1. The summed E-state index contributed by atoms with van der Waals surface area (Å²) in [6, 6.07) is 1.76. The number of carboxylic acid groups (broad SMARTS) is 1. The van der Waals surface area contributed by atoms with E-state index in [0.717, 1.165) is 5.69 Å². The standard InChI is InChI=1S/C9H14N2O3/c1-6(2)7-4-8(10-11(7)3)14-5-9(12)13/h4,6H,5H2,1-3H3,(H,12,13). The fourth-order valence-electron chi connectivity index (χ4n) is 1.20. The predicted molar refractivity (Wildman–Crippen MR) is 50.4 cm³/mol. The number of hydrogen-bond donors (Lipinski definition) is 1. The lowest BCUT2D eigenvalue weighted by molar-refractivity contribution is -0.139. The molecule has 0 aromatic carbocycles. The van der Waals surface area contributed by atoms with Gasteiger partial charge in [-0.25, -0.2) is 4.79 Å². The van der Waals surface area contributed by atoms with Crippen LogP contribution in [0.5, 0.6) is 5.88 Å². The summed E-state index contributed by atoms with van der Waals surface area (Å²) in [5.74, 6) is -0.296. The Morgan fingerprint density at radius 3 is 2.79 bits per heavy atom. The number of aryl methyl sites for hydroxylation is 1. The van der Waals surface area contributed by atoms with Crippen molar-refractivity contribution in [3.8, 4) is 5.88 Å². The lowest BCUT2D eigenvalue weighted by Gasteiger charge is -2.02. The number of rotatable bonds is 4. The average Bonchev–Trinajstić information content (AvgIpc) is 2.43. The Morgan fingerprint density at radius 1 is 1.71 bits per heavy atom. The lowest BCUT2D eigenvalue weighted by Crippen LogP contribution is -2.09. The summed E-state index contributed by atoms with van der Waals surface area (Å²) in [4.78, 5) is 10.2. The van der Waals surface area contributed by atoms with Gasteiger partial charge in [-0.05, 0) is 5.92 Å². The topological polar surface area (TPSA) is 64.3 Å². The Morgan fingerprint density at radius 2 is 2.36 bits per heavy atom. The first-order valence-electron chi connectivity index (χ1n) is 4.39. The van der Waals surface area contributed by atoms with Gasteiger partial charge in [-0.1, -0.05) is 13.8 Å². The maximum atomic E-state index is 10.2. The van der Waals surface area contributed by atoms with Gasteiger partial charge in [-0.2, -0.15) is 0 Å². The highest BCUT2D eigenvalue weighted by Crippen LogP contribution is 2.18. The van der Waals surface area contributed by atoms with E-state index in [1.807, 2.05) is 20.9 Å². The minimum Gasteiger partial charge on any atom is -0.479 e. The van der Waals surface area contributed by atoms with Gasteiger partial charge in [-0.3, -0.25) is 4.68 Å². The normalized spacial score (nSPS) is 10.6. The van der Waals surface area contributed by atoms with Crippen LogP contribution < -0.4 is 4.74 Å². The molecule has 1 aromatic rings. The lowest BCUT2D eigenvalue weighted by atomic mass is 10.1. The van der Waals surface area contributed by atoms with Crippen molar-refractivity contribution in [3.05, 3.63) is 11.8 Å². The van der Waals surface area contributed by atoms with Gasteiger partial charge in [0.2, 0.25) is 5.88 Å². The summed E-state index contributed by atoms with van der Waals surface area (Å²) in [6.45, 7) is 3.73. The van der Waals surface area contributed by atoms with Crippen LogP contribution >= 0.6 is 0 Å². The average molecular weight is 198 g/mol. The van der Waals surface area contributed by atoms with E-state index in [-0.39, 0.29) is 6.61 Å². The Labute approximate surface area is 82.3 Å². The summed E-state index contributed by atoms with van der Waals surface area (Å²) < 4.78 is 6.64. The molecule has 0 atom stereocenters. The van der Waals surface area contributed by atoms with Crippen molar-refractivity contribution in [2.75, 3.05) is 6.61 Å². The maximum Gasteiger partial charge on any atom is 0.341 e. The minimum atomic E-state index is -0.998. The summed E-state index contributed by atoms with van der Waals surface area (Å²) in [6.07, 6.45) is 0. The van der Waals surface area contributed by atoms with E-state index < -0.39 is 5.97 Å². The molecule has 1 rings (SSSR count). The van der Waals surface area contributed by atoms with Gasteiger partial charge in [0.05, 0.1) is 0 Å². The smallest absolute Gasteiger partial charge is 0.341 e. The predicted octanol–water partition coefficient (Wildman–Crippen LogP) is 1.01. The van der Waals surface area contributed by atoms with E-state index in [4.69, 9.17) is 9.84 Å². The van der Waals surface area contributed by atoms with Crippen molar-refractivity contribution in [1.82, 2.24) is 9.78 Å². The first-order chi connectivity index (χ1) is 6.50. The zero-order chi connectivity index (χ0) is 10.7. The van der Waals surface area contributed by atoms with Gasteiger partial charge in [-0.15, -0.1) is 5.10 Å². The van der Waals surface area contributed by atoms with Gasteiger partial charge < -0.3 is 9.84 Å². The molecule has 0 spiro atoms. The van der Waals surface area contributed by atoms with Crippen LogP contribution in [0.15, 0.2) is 6.07 Å². The highest BCUT2D eigenvalue weighted by molar-refractivity contribution is 5.68. The summed E-state index contributed by atoms with van der Waals surface area (Å²) in [5, 5.41) is 12.4. The quantitative estimate of drug-likeness (QED) is 0.784. The Bertz CT molecular complexity index is 331. The van der Waals surface area contributed by atoms with Crippen LogP contribution in [-0.4, -0.2) is 27.5 Å². The van der Waals surface area contributed by atoms with Crippen molar-refractivity contribution < 1.29 is 14.6 Å². The molecule has 14 heavy (non-hydrogen) atoms. The second-order valence-electron chi connectivity index (χ2n) is 3.37. The monoisotopic (exact) mass is 198 g/mol. The number of carbonyl (C=O) groups is 1. The molecule has 0 fully saturated rings. The van der Waals surface area contributed by atoms with E-state index in [9.17, 15) is 4.79 Å². The van der Waals surface area contributed by atoms with Crippen LogP contribution in [0.4, 0.5) is 0 Å². The molecule has 78 valence electrons. The first kappa shape index (κ1) is 10.6. The van der Waals surface area contributed by atoms with Gasteiger partial charge in [0, 0.05) is 18.8 Å². The zero-order valence-corrected chi connectivity index (χ0v) is 8.52. The Balaban J connectivity index is 2.71. The van der Waals surface area contributed by atoms with Crippen LogP contribution in [0.25, 0.3) is 0 Å². The fraction of sp³-hybridized carbons (Fsp3) is 0.556. The highest BCUT2D eigenvalue weighted by atomic mass is 16.5. The van der Waals surface area contributed by atoms with Crippen molar-refractivity contribution in [3.63, 3.8) is 0 Å². The maximum absolute atomic E-state index is 10.2.